The summed E-state index contributed by atoms with van der Waals surface area (Å²) in [5, 5.41) is 3.26. The molecule has 0 unspecified atom stereocenters. The molecule has 0 spiro atoms. The number of halogens is 1. The smallest absolute Gasteiger partial charge is 0.338 e. The largest absolute Gasteiger partial charge is 0.462 e. The zero-order valence-corrected chi connectivity index (χ0v) is 14.7. The highest BCUT2D eigenvalue weighted by Crippen LogP contribution is 2.29. The minimum Gasteiger partial charge on any atom is -0.462 e. The molecular formula is C20H16ClNO4. The van der Waals surface area contributed by atoms with Gasteiger partial charge in [0.1, 0.15) is 5.76 Å². The Morgan fingerprint density at radius 1 is 1.04 bits per heavy atom. The lowest BCUT2D eigenvalue weighted by Crippen LogP contribution is -2.11. The van der Waals surface area contributed by atoms with Crippen molar-refractivity contribution in [1.82, 2.24) is 0 Å². The number of furan rings is 1. The second kappa shape index (κ2) is 7.89. The highest BCUT2D eigenvalue weighted by Gasteiger charge is 2.14. The van der Waals surface area contributed by atoms with Gasteiger partial charge < -0.3 is 14.5 Å². The van der Waals surface area contributed by atoms with Gasteiger partial charge in [-0.2, -0.15) is 0 Å². The molecule has 0 saturated carbocycles. The number of carbonyl (C=O) groups is 2. The van der Waals surface area contributed by atoms with Gasteiger partial charge in [-0.25, -0.2) is 4.79 Å². The molecule has 26 heavy (non-hydrogen) atoms. The summed E-state index contributed by atoms with van der Waals surface area (Å²) in [5.41, 5.74) is 1.68. The number of anilines is 1. The van der Waals surface area contributed by atoms with Crippen molar-refractivity contribution in [3.8, 4) is 11.3 Å². The quantitative estimate of drug-likeness (QED) is 0.640. The second-order valence-corrected chi connectivity index (χ2v) is 5.80. The molecule has 0 aliphatic heterocycles. The van der Waals surface area contributed by atoms with Crippen LogP contribution in [-0.4, -0.2) is 18.5 Å². The number of esters is 1. The van der Waals surface area contributed by atoms with Gasteiger partial charge in [-0.15, -0.1) is 0 Å². The van der Waals surface area contributed by atoms with Crippen molar-refractivity contribution in [2.45, 2.75) is 6.92 Å². The predicted molar refractivity (Wildman–Crippen MR) is 99.5 cm³/mol. The SMILES string of the molecule is CCOC(=O)c1ccc(NC(=O)c2ccc(-c3ccccc3Cl)o2)cc1. The van der Waals surface area contributed by atoms with Crippen molar-refractivity contribution >= 4 is 29.2 Å². The fourth-order valence-corrected chi connectivity index (χ4v) is 2.59. The van der Waals surface area contributed by atoms with Crippen LogP contribution in [0.2, 0.25) is 5.02 Å². The molecule has 0 fully saturated rings. The maximum absolute atomic E-state index is 12.3. The average molecular weight is 370 g/mol. The van der Waals surface area contributed by atoms with Gasteiger partial charge in [0.15, 0.2) is 5.76 Å². The van der Waals surface area contributed by atoms with Crippen LogP contribution in [0, 0.1) is 0 Å². The van der Waals surface area contributed by atoms with E-state index >= 15 is 0 Å². The molecule has 0 radical (unpaired) electrons. The number of carbonyl (C=O) groups excluding carboxylic acids is 2. The fraction of sp³-hybridized carbons (Fsp3) is 0.100. The first kappa shape index (κ1) is 17.8. The van der Waals surface area contributed by atoms with Crippen LogP contribution in [0.25, 0.3) is 11.3 Å². The first-order chi connectivity index (χ1) is 12.6. The summed E-state index contributed by atoms with van der Waals surface area (Å²) in [6, 6.07) is 16.9. The normalized spacial score (nSPS) is 10.4. The van der Waals surface area contributed by atoms with E-state index < -0.39 is 11.9 Å². The van der Waals surface area contributed by atoms with Crippen LogP contribution in [-0.2, 0) is 4.74 Å². The fourth-order valence-electron chi connectivity index (χ4n) is 2.36. The van der Waals surface area contributed by atoms with Gasteiger partial charge in [-0.3, -0.25) is 4.79 Å². The molecule has 5 nitrogen and oxygen atoms in total. The van der Waals surface area contributed by atoms with Crippen molar-refractivity contribution in [3.63, 3.8) is 0 Å². The minimum atomic E-state index is -0.402. The van der Waals surface area contributed by atoms with Crippen LogP contribution >= 0.6 is 11.6 Å². The Balaban J connectivity index is 1.71. The zero-order valence-electron chi connectivity index (χ0n) is 14.0. The number of hydrogen-bond acceptors (Lipinski definition) is 4. The summed E-state index contributed by atoms with van der Waals surface area (Å²) in [6.07, 6.45) is 0. The van der Waals surface area contributed by atoms with E-state index in [4.69, 9.17) is 20.8 Å². The van der Waals surface area contributed by atoms with E-state index in [1.54, 1.807) is 49.4 Å². The molecule has 2 aromatic carbocycles. The number of nitrogens with one attached hydrogen (secondary N) is 1. The number of ether oxygens (including phenoxy) is 1. The second-order valence-electron chi connectivity index (χ2n) is 5.40. The molecule has 132 valence electrons. The van der Waals surface area contributed by atoms with Gasteiger partial charge >= 0.3 is 5.97 Å². The van der Waals surface area contributed by atoms with Crippen LogP contribution in [0.1, 0.15) is 27.8 Å². The van der Waals surface area contributed by atoms with Crippen molar-refractivity contribution in [3.05, 3.63) is 77.0 Å². The lowest BCUT2D eigenvalue weighted by atomic mass is 10.2. The number of benzene rings is 2. The molecule has 0 atom stereocenters. The van der Waals surface area contributed by atoms with Crippen molar-refractivity contribution in [2.75, 3.05) is 11.9 Å². The predicted octanol–water partition coefficient (Wildman–Crippen LogP) is 5.03. The topological polar surface area (TPSA) is 68.5 Å². The average Bonchev–Trinajstić information content (AvgIpc) is 3.13. The van der Waals surface area contributed by atoms with Crippen LogP contribution in [0.4, 0.5) is 5.69 Å². The molecule has 6 heteroatoms. The monoisotopic (exact) mass is 369 g/mol. The summed E-state index contributed by atoms with van der Waals surface area (Å²) in [7, 11) is 0. The van der Waals surface area contributed by atoms with Gasteiger partial charge in [0.25, 0.3) is 5.91 Å². The van der Waals surface area contributed by atoms with Crippen molar-refractivity contribution in [2.24, 2.45) is 0 Å². The molecule has 0 aliphatic carbocycles. The number of rotatable bonds is 5. The Hall–Kier alpha value is -3.05. The Bertz CT molecular complexity index is 931. The first-order valence-corrected chi connectivity index (χ1v) is 8.39. The summed E-state index contributed by atoms with van der Waals surface area (Å²) >= 11 is 6.14. The van der Waals surface area contributed by atoms with E-state index in [0.717, 1.165) is 0 Å². The Morgan fingerprint density at radius 2 is 1.77 bits per heavy atom. The molecule has 3 aromatic rings. The molecule has 3 rings (SSSR count). The summed E-state index contributed by atoms with van der Waals surface area (Å²) < 4.78 is 10.5. The van der Waals surface area contributed by atoms with Crippen LogP contribution < -0.4 is 5.32 Å². The third-order valence-corrected chi connectivity index (χ3v) is 3.95. The van der Waals surface area contributed by atoms with E-state index in [0.29, 0.717) is 34.2 Å². The van der Waals surface area contributed by atoms with E-state index in [-0.39, 0.29) is 5.76 Å². The van der Waals surface area contributed by atoms with E-state index in [1.807, 2.05) is 18.2 Å². The summed E-state index contributed by atoms with van der Waals surface area (Å²) in [6.45, 7) is 2.05. The Labute approximate surface area is 155 Å². The van der Waals surface area contributed by atoms with Crippen LogP contribution in [0.5, 0.6) is 0 Å². The lowest BCUT2D eigenvalue weighted by molar-refractivity contribution is 0.0526. The Kier molecular flexibility index (Phi) is 5.39. The Morgan fingerprint density at radius 3 is 2.46 bits per heavy atom. The van der Waals surface area contributed by atoms with E-state index in [1.165, 1.54) is 0 Å². The van der Waals surface area contributed by atoms with Gasteiger partial charge in [0.05, 0.1) is 17.2 Å². The highest BCUT2D eigenvalue weighted by molar-refractivity contribution is 6.33. The molecule has 1 heterocycles. The molecule has 1 aromatic heterocycles. The van der Waals surface area contributed by atoms with Crippen molar-refractivity contribution < 1.29 is 18.7 Å². The first-order valence-electron chi connectivity index (χ1n) is 8.01. The number of amides is 1. The van der Waals surface area contributed by atoms with E-state index in [2.05, 4.69) is 5.32 Å². The molecule has 1 amide bonds. The third-order valence-electron chi connectivity index (χ3n) is 3.62. The zero-order chi connectivity index (χ0) is 18.5. The van der Waals surface area contributed by atoms with Gasteiger partial charge in [-0.05, 0) is 55.5 Å². The molecule has 0 aliphatic rings. The van der Waals surface area contributed by atoms with Gasteiger partial charge in [0.2, 0.25) is 0 Å². The molecule has 0 bridgehead atoms. The van der Waals surface area contributed by atoms with Gasteiger partial charge in [-0.1, -0.05) is 23.7 Å². The van der Waals surface area contributed by atoms with Gasteiger partial charge in [0, 0.05) is 11.3 Å². The molecular weight excluding hydrogens is 354 g/mol. The maximum Gasteiger partial charge on any atom is 0.338 e. The third kappa shape index (κ3) is 3.95. The van der Waals surface area contributed by atoms with E-state index in [9.17, 15) is 9.59 Å². The van der Waals surface area contributed by atoms with Crippen molar-refractivity contribution in [1.29, 1.82) is 0 Å². The molecule has 0 saturated heterocycles. The van der Waals surface area contributed by atoms with Crippen LogP contribution in [0.3, 0.4) is 0 Å². The standard InChI is InChI=1S/C20H16ClNO4/c1-2-25-20(24)13-7-9-14(10-8-13)22-19(23)18-12-11-17(26-18)15-5-3-4-6-16(15)21/h3-12H,2H2,1H3,(H,22,23). The lowest BCUT2D eigenvalue weighted by Gasteiger charge is -2.05. The summed E-state index contributed by atoms with van der Waals surface area (Å²) in [5.74, 6) is -0.124. The van der Waals surface area contributed by atoms with Crippen LogP contribution in [0.15, 0.2) is 65.1 Å². The minimum absolute atomic E-state index is 0.161. The maximum atomic E-state index is 12.3. The molecule has 1 N–H and O–H groups in total. The summed E-state index contributed by atoms with van der Waals surface area (Å²) in [4.78, 5) is 24.0. The number of hydrogen-bond donors (Lipinski definition) is 1. The highest BCUT2D eigenvalue weighted by atomic mass is 35.5.